The second-order valence-corrected chi connectivity index (χ2v) is 5.55. The van der Waals surface area contributed by atoms with Crippen LogP contribution < -0.4 is 0 Å². The number of carboxylic acids is 2. The van der Waals surface area contributed by atoms with Crippen LogP contribution in [0.5, 0.6) is 0 Å². The molecule has 0 bridgehead atoms. The smallest absolute Gasteiger partial charge is 0.343 e. The zero-order valence-corrected chi connectivity index (χ0v) is 14.2. The van der Waals surface area contributed by atoms with Gasteiger partial charge in [0.2, 0.25) is 0 Å². The van der Waals surface area contributed by atoms with E-state index in [1.165, 1.54) is 18.2 Å². The Bertz CT molecular complexity index is 1060. The number of rotatable bonds is 4. The van der Waals surface area contributed by atoms with Crippen molar-refractivity contribution in [2.75, 3.05) is 0 Å². The van der Waals surface area contributed by atoms with Crippen LogP contribution in [0, 0.1) is 20.2 Å². The molecule has 0 aromatic heterocycles. The van der Waals surface area contributed by atoms with Crippen LogP contribution in [0.4, 0.5) is 11.4 Å². The van der Waals surface area contributed by atoms with Crippen LogP contribution in [0.15, 0.2) is 36.4 Å². The lowest BCUT2D eigenvalue weighted by atomic mass is 10.1. The van der Waals surface area contributed by atoms with Gasteiger partial charge in [-0.25, -0.2) is 9.59 Å². The fourth-order valence-corrected chi connectivity index (χ4v) is 2.64. The largest absolute Gasteiger partial charge is 0.478 e. The molecular weight excluding hydrogens is 392 g/mol. The Kier molecular flexibility index (Phi) is 5.77. The van der Waals surface area contributed by atoms with E-state index < -0.39 is 44.4 Å². The number of benzene rings is 2. The fraction of sp³-hybridized carbons (Fsp3) is 0.0588. The number of aromatic carboxylic acids is 2. The highest BCUT2D eigenvalue weighted by Gasteiger charge is 2.34. The van der Waals surface area contributed by atoms with E-state index >= 15 is 0 Å². The van der Waals surface area contributed by atoms with Gasteiger partial charge in [-0.1, -0.05) is 18.2 Å². The Balaban J connectivity index is 0.000000207. The molecule has 0 amide bonds. The van der Waals surface area contributed by atoms with Gasteiger partial charge in [-0.3, -0.25) is 29.8 Å². The molecule has 148 valence electrons. The summed E-state index contributed by atoms with van der Waals surface area (Å²) in [4.78, 5) is 63.2. The molecule has 0 radical (unpaired) electrons. The molecule has 0 spiro atoms. The van der Waals surface area contributed by atoms with E-state index in [1.54, 1.807) is 0 Å². The summed E-state index contributed by atoms with van der Waals surface area (Å²) in [5.74, 6) is -3.96. The molecule has 3 rings (SSSR count). The summed E-state index contributed by atoms with van der Waals surface area (Å²) in [6.07, 6.45) is -0.250. The zero-order chi connectivity index (χ0) is 21.9. The molecule has 0 heterocycles. The van der Waals surface area contributed by atoms with Crippen molar-refractivity contribution in [3.8, 4) is 0 Å². The average molecular weight is 402 g/mol. The van der Waals surface area contributed by atoms with Crippen molar-refractivity contribution in [1.29, 1.82) is 0 Å². The maximum absolute atomic E-state index is 11.3. The lowest BCUT2D eigenvalue weighted by molar-refractivity contribution is -0.385. The number of nitrogens with zero attached hydrogens (tertiary/aromatic N) is 2. The van der Waals surface area contributed by atoms with Crippen LogP contribution in [-0.2, 0) is 0 Å². The minimum Gasteiger partial charge on any atom is -0.478 e. The van der Waals surface area contributed by atoms with Gasteiger partial charge in [0, 0.05) is 17.7 Å². The van der Waals surface area contributed by atoms with E-state index in [-0.39, 0.29) is 29.0 Å². The number of nitro groups is 2. The third-order valence-electron chi connectivity index (χ3n) is 3.82. The topological polar surface area (TPSA) is 195 Å². The molecule has 0 atom stereocenters. The quantitative estimate of drug-likeness (QED) is 0.435. The highest BCUT2D eigenvalue weighted by atomic mass is 16.6. The highest BCUT2D eigenvalue weighted by molar-refractivity contribution is 6.25. The molecule has 2 aromatic rings. The summed E-state index contributed by atoms with van der Waals surface area (Å²) >= 11 is 0. The Hall–Kier alpha value is -4.48. The van der Waals surface area contributed by atoms with E-state index in [0.717, 1.165) is 18.2 Å². The second-order valence-electron chi connectivity index (χ2n) is 5.55. The number of nitro benzene ring substituents is 2. The van der Waals surface area contributed by atoms with Crippen LogP contribution in [0.2, 0.25) is 0 Å². The monoisotopic (exact) mass is 402 g/mol. The Morgan fingerprint density at radius 2 is 1.38 bits per heavy atom. The molecule has 0 unspecified atom stereocenters. The van der Waals surface area contributed by atoms with Crippen molar-refractivity contribution in [2.45, 2.75) is 6.42 Å². The van der Waals surface area contributed by atoms with E-state index in [0.29, 0.717) is 0 Å². The molecule has 1 aliphatic carbocycles. The SMILES string of the molecule is O=C(O)c1cccc([N+](=O)[O-])c1C(=O)O.O=C1CC(=O)c2c1cccc2[N+](=O)[O-]. The first-order valence-corrected chi connectivity index (χ1v) is 7.64. The summed E-state index contributed by atoms with van der Waals surface area (Å²) in [7, 11) is 0. The summed E-state index contributed by atoms with van der Waals surface area (Å²) in [5.41, 5.74) is -2.29. The van der Waals surface area contributed by atoms with Crippen LogP contribution >= 0.6 is 0 Å². The van der Waals surface area contributed by atoms with Gasteiger partial charge in [0.05, 0.1) is 21.8 Å². The first-order valence-electron chi connectivity index (χ1n) is 7.64. The average Bonchev–Trinajstić information content (AvgIpc) is 2.95. The molecule has 1 aliphatic rings. The van der Waals surface area contributed by atoms with Gasteiger partial charge in [0.1, 0.15) is 5.56 Å². The number of Topliss-reactive ketones (excluding diaryl/α,β-unsaturated/α-hetero) is 2. The van der Waals surface area contributed by atoms with Gasteiger partial charge in [0.25, 0.3) is 11.4 Å². The molecule has 29 heavy (non-hydrogen) atoms. The molecule has 0 fully saturated rings. The molecule has 0 saturated heterocycles. The lowest BCUT2D eigenvalue weighted by Crippen LogP contribution is -2.10. The van der Waals surface area contributed by atoms with Gasteiger partial charge in [-0.05, 0) is 6.07 Å². The second kappa shape index (κ2) is 8.04. The van der Waals surface area contributed by atoms with E-state index in [1.807, 2.05) is 0 Å². The third-order valence-corrected chi connectivity index (χ3v) is 3.82. The van der Waals surface area contributed by atoms with Crippen LogP contribution in [0.3, 0.4) is 0 Å². The normalized spacial score (nSPS) is 11.9. The molecule has 2 N–H and O–H groups in total. The van der Waals surface area contributed by atoms with Crippen molar-refractivity contribution >= 4 is 34.9 Å². The van der Waals surface area contributed by atoms with E-state index in [9.17, 15) is 39.4 Å². The minimum absolute atomic E-state index is 0.0394. The van der Waals surface area contributed by atoms with E-state index in [4.69, 9.17) is 10.2 Å². The third kappa shape index (κ3) is 4.10. The first kappa shape index (κ1) is 20.8. The standard InChI is InChI=1S/C9H5NO4.C8H5NO6/c11-7-4-8(12)9-5(7)2-1-3-6(9)10(13)14;10-7(11)4-2-1-3-5(9(14)15)6(4)8(12)13/h1-3H,4H2;1-3H,(H,10,11)(H,12,13). The van der Waals surface area contributed by atoms with Crippen LogP contribution in [0.1, 0.15) is 47.9 Å². The van der Waals surface area contributed by atoms with Crippen molar-refractivity contribution in [2.24, 2.45) is 0 Å². The molecule has 12 heteroatoms. The number of carbonyl (C=O) groups excluding carboxylic acids is 2. The maximum atomic E-state index is 11.3. The zero-order valence-electron chi connectivity index (χ0n) is 14.2. The predicted octanol–water partition coefficient (Wildman–Crippen LogP) is 2.36. The number of hydrogen-bond donors (Lipinski definition) is 2. The Morgan fingerprint density at radius 1 is 0.828 bits per heavy atom. The highest BCUT2D eigenvalue weighted by Crippen LogP contribution is 2.29. The molecule has 2 aromatic carbocycles. The van der Waals surface area contributed by atoms with Crippen molar-refractivity contribution in [3.05, 3.63) is 78.9 Å². The van der Waals surface area contributed by atoms with Crippen molar-refractivity contribution in [3.63, 3.8) is 0 Å². The van der Waals surface area contributed by atoms with Crippen molar-refractivity contribution < 1.29 is 39.2 Å². The number of ketones is 2. The van der Waals surface area contributed by atoms with E-state index in [2.05, 4.69) is 0 Å². The van der Waals surface area contributed by atoms with Crippen molar-refractivity contribution in [1.82, 2.24) is 0 Å². The molecule has 0 aliphatic heterocycles. The summed E-state index contributed by atoms with van der Waals surface area (Å²) in [6.45, 7) is 0. The lowest BCUT2D eigenvalue weighted by Gasteiger charge is -2.01. The summed E-state index contributed by atoms with van der Waals surface area (Å²) in [6, 6.07) is 7.14. The Labute approximate surface area is 160 Å². The van der Waals surface area contributed by atoms with Crippen LogP contribution in [-0.4, -0.2) is 43.6 Å². The molecular formula is C17H10N2O10. The first-order chi connectivity index (χ1) is 13.6. The summed E-state index contributed by atoms with van der Waals surface area (Å²) < 4.78 is 0. The molecule has 0 saturated carbocycles. The number of hydrogen-bond acceptors (Lipinski definition) is 8. The van der Waals surface area contributed by atoms with Gasteiger partial charge < -0.3 is 10.2 Å². The van der Waals surface area contributed by atoms with Gasteiger partial charge in [0.15, 0.2) is 17.1 Å². The fourth-order valence-electron chi connectivity index (χ4n) is 2.64. The number of fused-ring (bicyclic) bond motifs is 1. The maximum Gasteiger partial charge on any atom is 0.343 e. The van der Waals surface area contributed by atoms with Gasteiger partial charge >= 0.3 is 11.9 Å². The number of carboxylic acid groups (broad SMARTS) is 2. The summed E-state index contributed by atoms with van der Waals surface area (Å²) in [5, 5.41) is 38.3. The number of carbonyl (C=O) groups is 4. The van der Waals surface area contributed by atoms with Crippen LogP contribution in [0.25, 0.3) is 0 Å². The Morgan fingerprint density at radius 3 is 1.90 bits per heavy atom. The minimum atomic E-state index is -1.64. The van der Waals surface area contributed by atoms with Gasteiger partial charge in [-0.2, -0.15) is 0 Å². The predicted molar refractivity (Wildman–Crippen MR) is 93.4 cm³/mol. The van der Waals surface area contributed by atoms with Gasteiger partial charge in [-0.15, -0.1) is 0 Å². The molecule has 12 nitrogen and oxygen atoms in total.